The summed E-state index contributed by atoms with van der Waals surface area (Å²) in [7, 11) is 1.68. The number of carbonyl (C=O) groups excluding carboxylic acids is 1. The van der Waals surface area contributed by atoms with Gasteiger partial charge in [0.1, 0.15) is 5.60 Å². The van der Waals surface area contributed by atoms with Crippen molar-refractivity contribution in [1.82, 2.24) is 0 Å². The van der Waals surface area contributed by atoms with Gasteiger partial charge in [-0.15, -0.1) is 0 Å². The Kier molecular flexibility index (Phi) is 5.20. The fourth-order valence-corrected chi connectivity index (χ4v) is 2.41. The molecule has 1 saturated carbocycles. The maximum absolute atomic E-state index is 12.3. The lowest BCUT2D eigenvalue weighted by Crippen LogP contribution is -2.40. The summed E-state index contributed by atoms with van der Waals surface area (Å²) in [6.45, 7) is 5.96. The van der Waals surface area contributed by atoms with Gasteiger partial charge in [-0.25, -0.2) is 0 Å². The molecule has 0 aromatic rings. The molecule has 0 radical (unpaired) electrons. The third-order valence-electron chi connectivity index (χ3n) is 3.72. The summed E-state index contributed by atoms with van der Waals surface area (Å²) in [6, 6.07) is 0. The summed E-state index contributed by atoms with van der Waals surface area (Å²) in [5, 5.41) is 0. The second kappa shape index (κ2) is 6.19. The van der Waals surface area contributed by atoms with E-state index in [1.165, 1.54) is 12.8 Å². The highest BCUT2D eigenvalue weighted by molar-refractivity contribution is 5.89. The first-order valence-corrected chi connectivity index (χ1v) is 6.39. The van der Waals surface area contributed by atoms with E-state index in [9.17, 15) is 4.79 Å². The Morgan fingerprint density at radius 2 is 1.81 bits per heavy atom. The molecular weight excluding hydrogens is 200 g/mol. The first-order valence-electron chi connectivity index (χ1n) is 6.39. The molecule has 2 heteroatoms. The van der Waals surface area contributed by atoms with E-state index in [1.807, 2.05) is 6.92 Å². The predicted octanol–water partition coefficient (Wildman–Crippen LogP) is 3.65. The second-order valence-electron chi connectivity index (χ2n) is 4.82. The Morgan fingerprint density at radius 3 is 2.25 bits per heavy atom. The molecule has 0 amide bonds. The van der Waals surface area contributed by atoms with Crippen LogP contribution in [0.1, 0.15) is 58.3 Å². The van der Waals surface area contributed by atoms with Crippen LogP contribution in [0.3, 0.4) is 0 Å². The topological polar surface area (TPSA) is 26.3 Å². The number of allylic oxidation sites excluding steroid dienone is 1. The zero-order valence-electron chi connectivity index (χ0n) is 10.7. The minimum absolute atomic E-state index is 0.240. The predicted molar refractivity (Wildman–Crippen MR) is 66.5 cm³/mol. The van der Waals surface area contributed by atoms with Crippen molar-refractivity contribution in [3.8, 4) is 0 Å². The average molecular weight is 224 g/mol. The highest BCUT2D eigenvalue weighted by atomic mass is 16.5. The highest BCUT2D eigenvalue weighted by Gasteiger charge is 2.37. The lowest BCUT2D eigenvalue weighted by Gasteiger charge is -2.30. The molecule has 0 heterocycles. The molecule has 0 bridgehead atoms. The van der Waals surface area contributed by atoms with E-state index in [-0.39, 0.29) is 5.78 Å². The third-order valence-corrected chi connectivity index (χ3v) is 3.72. The molecule has 0 aliphatic heterocycles. The van der Waals surface area contributed by atoms with Gasteiger partial charge >= 0.3 is 0 Å². The third kappa shape index (κ3) is 3.18. The van der Waals surface area contributed by atoms with Crippen LogP contribution in [-0.2, 0) is 9.53 Å². The first-order chi connectivity index (χ1) is 7.64. The fraction of sp³-hybridized carbons (Fsp3) is 0.786. The van der Waals surface area contributed by atoms with Crippen molar-refractivity contribution in [2.45, 2.75) is 63.9 Å². The van der Waals surface area contributed by atoms with Gasteiger partial charge in [0.25, 0.3) is 0 Å². The van der Waals surface area contributed by atoms with Crippen LogP contribution in [0.25, 0.3) is 0 Å². The summed E-state index contributed by atoms with van der Waals surface area (Å²) in [5.41, 5.74) is 0.514. The van der Waals surface area contributed by atoms with Crippen LogP contribution in [0.2, 0.25) is 0 Å². The number of methoxy groups -OCH3 is 1. The lowest BCUT2D eigenvalue weighted by atomic mass is 9.86. The second-order valence-corrected chi connectivity index (χ2v) is 4.82. The summed E-state index contributed by atoms with van der Waals surface area (Å²) >= 11 is 0. The Morgan fingerprint density at radius 1 is 1.25 bits per heavy atom. The molecule has 1 fully saturated rings. The van der Waals surface area contributed by atoms with Crippen molar-refractivity contribution in [2.75, 3.05) is 7.11 Å². The van der Waals surface area contributed by atoms with E-state index in [0.717, 1.165) is 37.7 Å². The van der Waals surface area contributed by atoms with Crippen LogP contribution in [0.4, 0.5) is 0 Å². The van der Waals surface area contributed by atoms with Crippen LogP contribution in [0.15, 0.2) is 12.2 Å². The van der Waals surface area contributed by atoms with Gasteiger partial charge in [-0.2, -0.15) is 0 Å². The molecule has 1 rings (SSSR count). The van der Waals surface area contributed by atoms with Crippen molar-refractivity contribution in [3.05, 3.63) is 12.2 Å². The average Bonchev–Trinajstić information content (AvgIpc) is 2.54. The Balaban J connectivity index is 2.69. The van der Waals surface area contributed by atoms with Gasteiger partial charge in [-0.3, -0.25) is 4.79 Å². The quantitative estimate of drug-likeness (QED) is 0.526. The maximum atomic E-state index is 12.3. The molecule has 1 aliphatic carbocycles. The normalized spacial score (nSPS) is 20.1. The number of hydrogen-bond donors (Lipinski definition) is 0. The van der Waals surface area contributed by atoms with E-state index in [1.54, 1.807) is 7.11 Å². The summed E-state index contributed by atoms with van der Waals surface area (Å²) in [5.74, 6) is 0.240. The van der Waals surface area contributed by atoms with Crippen molar-refractivity contribution in [1.29, 1.82) is 0 Å². The maximum Gasteiger partial charge on any atom is 0.168 e. The zero-order valence-corrected chi connectivity index (χ0v) is 10.7. The van der Waals surface area contributed by atoms with Crippen molar-refractivity contribution in [2.24, 2.45) is 0 Å². The van der Waals surface area contributed by atoms with Gasteiger partial charge in [0, 0.05) is 13.5 Å². The summed E-state index contributed by atoms with van der Waals surface area (Å²) in [4.78, 5) is 12.3. The number of rotatable bonds is 5. The van der Waals surface area contributed by atoms with Gasteiger partial charge < -0.3 is 4.74 Å². The highest BCUT2D eigenvalue weighted by Crippen LogP contribution is 2.32. The molecule has 0 N–H and O–H groups in total. The standard InChI is InChI=1S/C14H24O2/c1-4-12(2)11-13(15)14(16-3)9-7-5-6-8-10-14/h2,4-11H2,1,3H3. The van der Waals surface area contributed by atoms with Crippen LogP contribution >= 0.6 is 0 Å². The molecule has 0 unspecified atom stereocenters. The molecule has 16 heavy (non-hydrogen) atoms. The van der Waals surface area contributed by atoms with Crippen LogP contribution < -0.4 is 0 Å². The minimum atomic E-state index is -0.505. The van der Waals surface area contributed by atoms with E-state index in [0.29, 0.717) is 6.42 Å². The first kappa shape index (κ1) is 13.4. The van der Waals surface area contributed by atoms with Crippen LogP contribution in [0.5, 0.6) is 0 Å². The van der Waals surface area contributed by atoms with Gasteiger partial charge in [0.2, 0.25) is 0 Å². The molecule has 92 valence electrons. The molecule has 0 aromatic heterocycles. The molecule has 0 spiro atoms. The molecule has 0 atom stereocenters. The minimum Gasteiger partial charge on any atom is -0.370 e. The molecule has 0 aromatic carbocycles. The number of ether oxygens (including phenoxy) is 1. The fourth-order valence-electron chi connectivity index (χ4n) is 2.41. The SMILES string of the molecule is C=C(CC)CC(=O)C1(OC)CCCCCC1. The van der Waals surface area contributed by atoms with E-state index in [4.69, 9.17) is 4.74 Å². The number of carbonyl (C=O) groups is 1. The van der Waals surface area contributed by atoms with Gasteiger partial charge in [0.05, 0.1) is 0 Å². The molecular formula is C14H24O2. The Bertz CT molecular complexity index is 247. The van der Waals surface area contributed by atoms with Crippen molar-refractivity contribution in [3.63, 3.8) is 0 Å². The Hall–Kier alpha value is -0.630. The van der Waals surface area contributed by atoms with Crippen molar-refractivity contribution < 1.29 is 9.53 Å². The number of Topliss-reactive ketones (excluding diaryl/α,β-unsaturated/α-hetero) is 1. The number of hydrogen-bond acceptors (Lipinski definition) is 2. The van der Waals surface area contributed by atoms with Crippen LogP contribution in [-0.4, -0.2) is 18.5 Å². The number of ketones is 1. The molecule has 1 aliphatic rings. The monoisotopic (exact) mass is 224 g/mol. The van der Waals surface area contributed by atoms with Gasteiger partial charge in [-0.05, 0) is 19.3 Å². The molecule has 0 saturated heterocycles. The lowest BCUT2D eigenvalue weighted by molar-refractivity contribution is -0.142. The van der Waals surface area contributed by atoms with Gasteiger partial charge in [0.15, 0.2) is 5.78 Å². The van der Waals surface area contributed by atoms with E-state index >= 15 is 0 Å². The zero-order chi connectivity index (χ0) is 12.0. The summed E-state index contributed by atoms with van der Waals surface area (Å²) in [6.07, 6.45) is 7.82. The van der Waals surface area contributed by atoms with Gasteiger partial charge in [-0.1, -0.05) is 44.8 Å². The summed E-state index contributed by atoms with van der Waals surface area (Å²) < 4.78 is 5.58. The van der Waals surface area contributed by atoms with Crippen molar-refractivity contribution >= 4 is 5.78 Å². The van der Waals surface area contributed by atoms with E-state index in [2.05, 4.69) is 6.58 Å². The largest absolute Gasteiger partial charge is 0.370 e. The van der Waals surface area contributed by atoms with E-state index < -0.39 is 5.60 Å². The van der Waals surface area contributed by atoms with Crippen LogP contribution in [0, 0.1) is 0 Å². The smallest absolute Gasteiger partial charge is 0.168 e. The Labute approximate surface area is 99.1 Å². The molecule has 2 nitrogen and oxygen atoms in total.